The summed E-state index contributed by atoms with van der Waals surface area (Å²) in [6, 6.07) is -0.0456. The predicted molar refractivity (Wildman–Crippen MR) is 105 cm³/mol. The summed E-state index contributed by atoms with van der Waals surface area (Å²) in [7, 11) is 0. The van der Waals surface area contributed by atoms with Crippen LogP contribution < -0.4 is 0 Å². The maximum absolute atomic E-state index is 12.9. The van der Waals surface area contributed by atoms with Gasteiger partial charge in [-0.2, -0.15) is 0 Å². The zero-order valence-electron chi connectivity index (χ0n) is 17.3. The fraction of sp³-hybridized carbons (Fsp3) is 0.667. The fourth-order valence-corrected chi connectivity index (χ4v) is 4.76. The van der Waals surface area contributed by atoms with Crippen LogP contribution in [0.25, 0.3) is 0 Å². The lowest BCUT2D eigenvalue weighted by Crippen LogP contribution is -2.41. The van der Waals surface area contributed by atoms with E-state index in [0.29, 0.717) is 39.0 Å². The molecule has 3 aliphatic rings. The van der Waals surface area contributed by atoms with Gasteiger partial charge < -0.3 is 14.7 Å². The van der Waals surface area contributed by atoms with Crippen molar-refractivity contribution in [1.82, 2.24) is 24.7 Å². The van der Waals surface area contributed by atoms with Crippen molar-refractivity contribution < 1.29 is 14.4 Å². The number of amides is 3. The van der Waals surface area contributed by atoms with E-state index in [0.717, 1.165) is 42.9 Å². The van der Waals surface area contributed by atoms with Crippen molar-refractivity contribution in [3.63, 3.8) is 0 Å². The summed E-state index contributed by atoms with van der Waals surface area (Å²) >= 11 is 0. The molecule has 3 amide bonds. The van der Waals surface area contributed by atoms with E-state index in [1.807, 2.05) is 22.9 Å². The molecular formula is C21H29N5O3. The van der Waals surface area contributed by atoms with Crippen molar-refractivity contribution in [2.75, 3.05) is 26.2 Å². The average Bonchev–Trinajstić information content (AvgIpc) is 3.13. The summed E-state index contributed by atoms with van der Waals surface area (Å²) in [5, 5.41) is 0. The molecule has 3 aliphatic heterocycles. The molecule has 0 N–H and O–H groups in total. The Kier molecular flexibility index (Phi) is 5.52. The molecule has 2 saturated heterocycles. The van der Waals surface area contributed by atoms with Crippen LogP contribution in [0.15, 0.2) is 6.20 Å². The number of hydrogen-bond acceptors (Lipinski definition) is 5. The molecule has 4 heterocycles. The van der Waals surface area contributed by atoms with E-state index in [4.69, 9.17) is 4.98 Å². The summed E-state index contributed by atoms with van der Waals surface area (Å²) in [6.07, 6.45) is 5.81. The van der Waals surface area contributed by atoms with Crippen LogP contribution in [0, 0.1) is 5.92 Å². The van der Waals surface area contributed by atoms with Crippen LogP contribution in [0.5, 0.6) is 0 Å². The number of nitrogens with zero attached hydrogens (tertiary/aromatic N) is 5. The van der Waals surface area contributed by atoms with E-state index in [1.54, 1.807) is 11.8 Å². The summed E-state index contributed by atoms with van der Waals surface area (Å²) in [5.74, 6) is 0.673. The monoisotopic (exact) mass is 399 g/mol. The highest BCUT2D eigenvalue weighted by molar-refractivity contribution is 5.89. The molecule has 29 heavy (non-hydrogen) atoms. The SMILES string of the molecule is CCN1C[C@@H](C(=O)N2CCc3nc([C@H]4CCCCN4C(C)=O)ncc3C2)CC1=O. The lowest BCUT2D eigenvalue weighted by atomic mass is 9.99. The van der Waals surface area contributed by atoms with E-state index in [9.17, 15) is 14.4 Å². The van der Waals surface area contributed by atoms with Gasteiger partial charge in [0, 0.05) is 64.2 Å². The average molecular weight is 399 g/mol. The molecule has 0 unspecified atom stereocenters. The molecule has 0 aromatic carbocycles. The van der Waals surface area contributed by atoms with Crippen LogP contribution in [-0.2, 0) is 27.3 Å². The van der Waals surface area contributed by atoms with Crippen LogP contribution in [0.4, 0.5) is 0 Å². The van der Waals surface area contributed by atoms with E-state index < -0.39 is 0 Å². The number of fused-ring (bicyclic) bond motifs is 1. The Balaban J connectivity index is 1.46. The summed E-state index contributed by atoms with van der Waals surface area (Å²) in [6.45, 7) is 6.59. The molecule has 0 saturated carbocycles. The molecule has 2 fully saturated rings. The van der Waals surface area contributed by atoms with Gasteiger partial charge in [0.15, 0.2) is 5.82 Å². The van der Waals surface area contributed by atoms with E-state index in [2.05, 4.69) is 4.98 Å². The number of hydrogen-bond donors (Lipinski definition) is 0. The molecule has 1 aromatic heterocycles. The van der Waals surface area contributed by atoms with Crippen LogP contribution in [-0.4, -0.2) is 68.6 Å². The van der Waals surface area contributed by atoms with Crippen LogP contribution >= 0.6 is 0 Å². The Morgan fingerprint density at radius 2 is 2.07 bits per heavy atom. The zero-order chi connectivity index (χ0) is 20.5. The Hall–Kier alpha value is -2.51. The van der Waals surface area contributed by atoms with Crippen molar-refractivity contribution in [3.05, 3.63) is 23.3 Å². The Bertz CT molecular complexity index is 827. The minimum absolute atomic E-state index is 0.0456. The van der Waals surface area contributed by atoms with Crippen molar-refractivity contribution in [2.24, 2.45) is 5.92 Å². The Morgan fingerprint density at radius 3 is 2.79 bits per heavy atom. The first-order valence-corrected chi connectivity index (χ1v) is 10.7. The zero-order valence-corrected chi connectivity index (χ0v) is 17.3. The second-order valence-corrected chi connectivity index (χ2v) is 8.27. The molecule has 0 aliphatic carbocycles. The molecule has 2 atom stereocenters. The van der Waals surface area contributed by atoms with Gasteiger partial charge in [-0.1, -0.05) is 0 Å². The first-order chi connectivity index (χ1) is 14.0. The quantitative estimate of drug-likeness (QED) is 0.765. The summed E-state index contributed by atoms with van der Waals surface area (Å²) in [4.78, 5) is 51.7. The maximum Gasteiger partial charge on any atom is 0.228 e. The van der Waals surface area contributed by atoms with Crippen LogP contribution in [0.1, 0.15) is 62.7 Å². The molecule has 8 heteroatoms. The van der Waals surface area contributed by atoms with E-state index in [-0.39, 0.29) is 29.7 Å². The number of rotatable bonds is 3. The minimum Gasteiger partial charge on any atom is -0.342 e. The maximum atomic E-state index is 12.9. The highest BCUT2D eigenvalue weighted by atomic mass is 16.2. The summed E-state index contributed by atoms with van der Waals surface area (Å²) in [5.41, 5.74) is 1.95. The third-order valence-corrected chi connectivity index (χ3v) is 6.42. The molecule has 1 aromatic rings. The number of carbonyl (C=O) groups is 3. The first-order valence-electron chi connectivity index (χ1n) is 10.7. The van der Waals surface area contributed by atoms with Crippen molar-refractivity contribution in [1.29, 1.82) is 0 Å². The molecule has 0 spiro atoms. The topological polar surface area (TPSA) is 86.7 Å². The van der Waals surface area contributed by atoms with Crippen LogP contribution in [0.2, 0.25) is 0 Å². The van der Waals surface area contributed by atoms with Crippen LogP contribution in [0.3, 0.4) is 0 Å². The standard InChI is InChI=1S/C21H29N5O3/c1-3-24-12-15(10-19(24)28)21(29)25-9-7-17-16(13-25)11-22-20(23-17)18-6-4-5-8-26(18)14(2)27/h11,15,18H,3-10,12-13H2,1-2H3/t15-,18+/m0/s1. The minimum atomic E-state index is -0.240. The van der Waals surface area contributed by atoms with Gasteiger partial charge in [0.1, 0.15) is 0 Å². The first kappa shape index (κ1) is 19.8. The number of carbonyl (C=O) groups excluding carboxylic acids is 3. The summed E-state index contributed by atoms with van der Waals surface area (Å²) < 4.78 is 0. The highest BCUT2D eigenvalue weighted by Crippen LogP contribution is 2.30. The van der Waals surface area contributed by atoms with Crippen molar-refractivity contribution in [2.45, 2.75) is 58.5 Å². The highest BCUT2D eigenvalue weighted by Gasteiger charge is 2.37. The normalized spacial score (nSPS) is 24.6. The van der Waals surface area contributed by atoms with Gasteiger partial charge in [0.25, 0.3) is 0 Å². The van der Waals surface area contributed by atoms with Gasteiger partial charge in [-0.3, -0.25) is 14.4 Å². The number of aromatic nitrogens is 2. The number of piperidine rings is 1. The van der Waals surface area contributed by atoms with Gasteiger partial charge in [-0.15, -0.1) is 0 Å². The van der Waals surface area contributed by atoms with E-state index in [1.165, 1.54) is 0 Å². The third kappa shape index (κ3) is 3.84. The van der Waals surface area contributed by atoms with Gasteiger partial charge in [-0.25, -0.2) is 9.97 Å². The molecular weight excluding hydrogens is 370 g/mol. The Labute approximate surface area is 171 Å². The van der Waals surface area contributed by atoms with Gasteiger partial charge in [0.05, 0.1) is 17.7 Å². The van der Waals surface area contributed by atoms with Gasteiger partial charge >= 0.3 is 0 Å². The van der Waals surface area contributed by atoms with Crippen molar-refractivity contribution in [3.8, 4) is 0 Å². The molecule has 8 nitrogen and oxygen atoms in total. The van der Waals surface area contributed by atoms with Gasteiger partial charge in [0.2, 0.25) is 17.7 Å². The lowest BCUT2D eigenvalue weighted by molar-refractivity contribution is -0.136. The fourth-order valence-electron chi connectivity index (χ4n) is 4.76. The largest absolute Gasteiger partial charge is 0.342 e. The predicted octanol–water partition coefficient (Wildman–Crippen LogP) is 1.30. The molecule has 4 rings (SSSR count). The number of likely N-dealkylation sites (tertiary alicyclic amines) is 2. The smallest absolute Gasteiger partial charge is 0.228 e. The Morgan fingerprint density at radius 1 is 1.24 bits per heavy atom. The van der Waals surface area contributed by atoms with E-state index >= 15 is 0 Å². The second-order valence-electron chi connectivity index (χ2n) is 8.27. The third-order valence-electron chi connectivity index (χ3n) is 6.42. The second kappa shape index (κ2) is 8.08. The molecule has 0 bridgehead atoms. The lowest BCUT2D eigenvalue weighted by Gasteiger charge is -2.35. The molecule has 156 valence electrons. The van der Waals surface area contributed by atoms with Gasteiger partial charge in [-0.05, 0) is 26.2 Å². The molecule has 0 radical (unpaired) electrons. The van der Waals surface area contributed by atoms with Crippen molar-refractivity contribution >= 4 is 17.7 Å².